The van der Waals surface area contributed by atoms with E-state index in [0.717, 1.165) is 47.9 Å². The lowest BCUT2D eigenvalue weighted by Crippen LogP contribution is -2.35. The van der Waals surface area contributed by atoms with Crippen LogP contribution >= 0.6 is 0 Å². The van der Waals surface area contributed by atoms with Crippen LogP contribution in [-0.2, 0) is 37.9 Å². The van der Waals surface area contributed by atoms with E-state index in [-0.39, 0.29) is 10.5 Å². The molecule has 0 unspecified atom stereocenters. The molecule has 1 saturated heterocycles. The fourth-order valence-electron chi connectivity index (χ4n) is 4.88. The van der Waals surface area contributed by atoms with Crippen LogP contribution in [0.3, 0.4) is 0 Å². The molecule has 0 saturated carbocycles. The Hall–Kier alpha value is -3.37. The van der Waals surface area contributed by atoms with Crippen molar-refractivity contribution in [3.8, 4) is 22.6 Å². The zero-order valence-electron chi connectivity index (χ0n) is 21.3. The number of oxazole rings is 1. The van der Waals surface area contributed by atoms with Crippen molar-refractivity contribution < 1.29 is 22.3 Å². The van der Waals surface area contributed by atoms with Gasteiger partial charge in [0.05, 0.1) is 10.5 Å². The molecule has 0 amide bonds. The van der Waals surface area contributed by atoms with Gasteiger partial charge in [0, 0.05) is 68.7 Å². The minimum absolute atomic E-state index is 0.0501. The maximum atomic E-state index is 11.7. The Labute approximate surface area is 222 Å². The normalized spacial score (nSPS) is 15.4. The highest BCUT2D eigenvalue weighted by Gasteiger charge is 2.34. The fourth-order valence-corrected chi connectivity index (χ4v) is 5.40. The van der Waals surface area contributed by atoms with Crippen LogP contribution in [0.15, 0.2) is 82.4 Å². The second-order valence-corrected chi connectivity index (χ2v) is 11.0. The number of aromatic nitrogens is 2. The first-order valence-corrected chi connectivity index (χ1v) is 14.2. The summed E-state index contributed by atoms with van der Waals surface area (Å²) in [4.78, 5) is 9.35. The Morgan fingerprint density at radius 3 is 2.39 bits per heavy atom. The number of hydrogen-bond acceptors (Lipinski definition) is 7. The molecule has 0 bridgehead atoms. The Balaban J connectivity index is 1.35. The zero-order valence-corrected chi connectivity index (χ0v) is 22.1. The van der Waals surface area contributed by atoms with Gasteiger partial charge in [0.25, 0.3) is 0 Å². The standard InChI is InChI=1S/C29H31N3O5S/c1-35-29(14-16-36-17-15-29)24-18-21(19-31-20-24)6-5-9-26-32-27(22-7-3-2-4-8-22)28(37-26)23-10-12-25(13-11-23)38(30,33)34/h2-4,7-8,10-13,18-20H,5-6,9,14-17H2,1H3,(H2,30,33,34). The van der Waals surface area contributed by atoms with Crippen LogP contribution in [0, 0.1) is 0 Å². The molecule has 4 aromatic rings. The van der Waals surface area contributed by atoms with Crippen molar-refractivity contribution in [3.05, 3.63) is 90.1 Å². The summed E-state index contributed by atoms with van der Waals surface area (Å²) in [6, 6.07) is 18.3. The highest BCUT2D eigenvalue weighted by Crippen LogP contribution is 2.36. The topological polar surface area (TPSA) is 118 Å². The van der Waals surface area contributed by atoms with Crippen LogP contribution in [0.25, 0.3) is 22.6 Å². The summed E-state index contributed by atoms with van der Waals surface area (Å²) in [5.74, 6) is 1.22. The van der Waals surface area contributed by atoms with Crippen molar-refractivity contribution in [2.75, 3.05) is 20.3 Å². The summed E-state index contributed by atoms with van der Waals surface area (Å²) in [6.07, 6.45) is 7.71. The molecule has 8 nitrogen and oxygen atoms in total. The predicted octanol–water partition coefficient (Wildman–Crippen LogP) is 4.88. The van der Waals surface area contributed by atoms with Crippen LogP contribution in [0.2, 0.25) is 0 Å². The van der Waals surface area contributed by atoms with E-state index in [2.05, 4.69) is 11.1 Å². The number of ether oxygens (including phenoxy) is 2. The Kier molecular flexibility index (Phi) is 7.71. The monoisotopic (exact) mass is 533 g/mol. The number of hydrogen-bond donors (Lipinski definition) is 1. The second-order valence-electron chi connectivity index (χ2n) is 9.47. The minimum atomic E-state index is -3.78. The molecule has 5 rings (SSSR count). The molecule has 1 fully saturated rings. The van der Waals surface area contributed by atoms with E-state index < -0.39 is 10.0 Å². The number of aryl methyl sites for hydroxylation is 2. The maximum absolute atomic E-state index is 11.7. The number of nitrogens with two attached hydrogens (primary N) is 1. The molecule has 198 valence electrons. The van der Waals surface area contributed by atoms with E-state index >= 15 is 0 Å². The summed E-state index contributed by atoms with van der Waals surface area (Å²) in [6.45, 7) is 1.36. The van der Waals surface area contributed by atoms with Crippen LogP contribution < -0.4 is 5.14 Å². The first-order chi connectivity index (χ1) is 18.4. The molecule has 0 atom stereocenters. The molecular weight excluding hydrogens is 502 g/mol. The summed E-state index contributed by atoms with van der Waals surface area (Å²) >= 11 is 0. The van der Waals surface area contributed by atoms with Crippen molar-refractivity contribution in [1.29, 1.82) is 0 Å². The van der Waals surface area contributed by atoms with Crippen molar-refractivity contribution in [3.63, 3.8) is 0 Å². The van der Waals surface area contributed by atoms with Crippen molar-refractivity contribution in [1.82, 2.24) is 9.97 Å². The first kappa shape index (κ1) is 26.2. The maximum Gasteiger partial charge on any atom is 0.238 e. The molecule has 9 heteroatoms. The molecule has 1 aliphatic rings. The Morgan fingerprint density at radius 2 is 1.71 bits per heavy atom. The lowest BCUT2D eigenvalue weighted by atomic mass is 9.86. The highest BCUT2D eigenvalue weighted by atomic mass is 32.2. The molecule has 2 aromatic heterocycles. The molecule has 38 heavy (non-hydrogen) atoms. The lowest BCUT2D eigenvalue weighted by molar-refractivity contribution is -0.0950. The van der Waals surface area contributed by atoms with Gasteiger partial charge in [-0.1, -0.05) is 30.3 Å². The Morgan fingerprint density at radius 1 is 0.974 bits per heavy atom. The molecular formula is C29H31N3O5S. The molecule has 3 heterocycles. The highest BCUT2D eigenvalue weighted by molar-refractivity contribution is 7.89. The number of primary sulfonamides is 1. The van der Waals surface area contributed by atoms with E-state index in [1.54, 1.807) is 19.2 Å². The summed E-state index contributed by atoms with van der Waals surface area (Å²) in [5, 5.41) is 5.26. The SMILES string of the molecule is COC1(c2cncc(CCCc3nc(-c4ccccc4)c(-c4ccc(S(N)(=O)=O)cc4)o3)c2)CCOCC1. The smallest absolute Gasteiger partial charge is 0.238 e. The van der Waals surface area contributed by atoms with Gasteiger partial charge in [0.15, 0.2) is 11.7 Å². The summed E-state index contributed by atoms with van der Waals surface area (Å²) < 4.78 is 41.1. The fraction of sp³-hybridized carbons (Fsp3) is 0.310. The van der Waals surface area contributed by atoms with E-state index in [1.807, 2.05) is 42.7 Å². The average Bonchev–Trinajstić information content (AvgIpc) is 3.38. The molecule has 2 N–H and O–H groups in total. The van der Waals surface area contributed by atoms with Gasteiger partial charge in [-0.05, 0) is 48.7 Å². The van der Waals surface area contributed by atoms with Crippen LogP contribution in [0.1, 0.15) is 36.3 Å². The minimum Gasteiger partial charge on any atom is -0.440 e. The van der Waals surface area contributed by atoms with Gasteiger partial charge >= 0.3 is 0 Å². The lowest BCUT2D eigenvalue weighted by Gasteiger charge is -2.36. The number of nitrogens with zero attached hydrogens (tertiary/aromatic N) is 2. The molecule has 0 radical (unpaired) electrons. The molecule has 0 aliphatic carbocycles. The summed E-state index contributed by atoms with van der Waals surface area (Å²) in [7, 11) is -2.02. The number of sulfonamides is 1. The van der Waals surface area contributed by atoms with E-state index in [9.17, 15) is 8.42 Å². The van der Waals surface area contributed by atoms with Gasteiger partial charge in [-0.3, -0.25) is 4.98 Å². The quantitative estimate of drug-likeness (QED) is 0.326. The van der Waals surface area contributed by atoms with E-state index in [1.165, 1.54) is 12.1 Å². The van der Waals surface area contributed by atoms with Crippen molar-refractivity contribution >= 4 is 10.0 Å². The average molecular weight is 534 g/mol. The second kappa shape index (κ2) is 11.2. The molecule has 1 aliphatic heterocycles. The zero-order chi connectivity index (χ0) is 26.6. The van der Waals surface area contributed by atoms with Gasteiger partial charge in [-0.2, -0.15) is 0 Å². The van der Waals surface area contributed by atoms with Gasteiger partial charge in [-0.15, -0.1) is 0 Å². The van der Waals surface area contributed by atoms with E-state index in [4.69, 9.17) is 24.0 Å². The third-order valence-electron chi connectivity index (χ3n) is 7.03. The molecule has 0 spiro atoms. The third kappa shape index (κ3) is 5.71. The van der Waals surface area contributed by atoms with Crippen LogP contribution in [-0.4, -0.2) is 38.7 Å². The Bertz CT molecular complexity index is 1480. The van der Waals surface area contributed by atoms with Crippen molar-refractivity contribution in [2.45, 2.75) is 42.6 Å². The predicted molar refractivity (Wildman–Crippen MR) is 144 cm³/mol. The van der Waals surface area contributed by atoms with Crippen LogP contribution in [0.5, 0.6) is 0 Å². The van der Waals surface area contributed by atoms with Crippen molar-refractivity contribution in [2.24, 2.45) is 5.14 Å². The van der Waals surface area contributed by atoms with Gasteiger partial charge in [0.2, 0.25) is 10.0 Å². The van der Waals surface area contributed by atoms with E-state index in [0.29, 0.717) is 37.0 Å². The largest absolute Gasteiger partial charge is 0.440 e. The first-order valence-electron chi connectivity index (χ1n) is 12.6. The number of benzene rings is 2. The summed E-state index contributed by atoms with van der Waals surface area (Å²) in [5.41, 5.74) is 4.25. The number of methoxy groups -OCH3 is 1. The van der Waals surface area contributed by atoms with Gasteiger partial charge in [-0.25, -0.2) is 18.5 Å². The van der Waals surface area contributed by atoms with Crippen LogP contribution in [0.4, 0.5) is 0 Å². The number of pyridine rings is 1. The van der Waals surface area contributed by atoms with Gasteiger partial charge < -0.3 is 13.9 Å². The third-order valence-corrected chi connectivity index (χ3v) is 7.96. The molecule has 2 aromatic carbocycles. The van der Waals surface area contributed by atoms with Gasteiger partial charge in [0.1, 0.15) is 5.69 Å². The number of rotatable bonds is 9.